The van der Waals surface area contributed by atoms with Gasteiger partial charge in [0.05, 0.1) is 6.61 Å². The zero-order valence-electron chi connectivity index (χ0n) is 13.2. The Hall–Kier alpha value is -1.63. The molecule has 1 aliphatic heterocycles. The maximum atomic E-state index is 5.43. The first-order valence-electron chi connectivity index (χ1n) is 7.74. The average Bonchev–Trinajstić information content (AvgIpc) is 2.73. The summed E-state index contributed by atoms with van der Waals surface area (Å²) in [6.07, 6.45) is 3.59. The highest BCUT2D eigenvalue weighted by atomic mass is 16.5. The van der Waals surface area contributed by atoms with Crippen LogP contribution in [-0.2, 0) is 0 Å². The minimum Gasteiger partial charge on any atom is -0.464 e. The van der Waals surface area contributed by atoms with E-state index in [1.54, 1.807) is 0 Å². The molecular formula is C14H26N6O. The molecule has 1 aromatic heterocycles. The van der Waals surface area contributed by atoms with E-state index >= 15 is 0 Å². The fraction of sp³-hybridized carbons (Fsp3) is 0.786. The minimum atomic E-state index is 0.320. The number of hydrogen-bond acceptors (Lipinski definition) is 7. The van der Waals surface area contributed by atoms with Gasteiger partial charge in [0.15, 0.2) is 0 Å². The third-order valence-corrected chi connectivity index (χ3v) is 4.00. The zero-order valence-corrected chi connectivity index (χ0v) is 13.2. The summed E-state index contributed by atoms with van der Waals surface area (Å²) in [4.78, 5) is 15.0. The van der Waals surface area contributed by atoms with Gasteiger partial charge in [0.1, 0.15) is 0 Å². The lowest BCUT2D eigenvalue weighted by molar-refractivity contribution is 0.312. The SMILES string of the molecule is CCOc1nc(NN)nc(N2CCCC(C(C)C)CC2)n1. The van der Waals surface area contributed by atoms with Crippen molar-refractivity contribution in [3.05, 3.63) is 0 Å². The quantitative estimate of drug-likeness (QED) is 0.632. The Bertz CT molecular complexity index is 453. The van der Waals surface area contributed by atoms with E-state index in [4.69, 9.17) is 10.6 Å². The summed E-state index contributed by atoms with van der Waals surface area (Å²) in [5.41, 5.74) is 2.48. The molecule has 2 heterocycles. The van der Waals surface area contributed by atoms with E-state index in [1.165, 1.54) is 12.8 Å². The van der Waals surface area contributed by atoms with E-state index in [0.29, 0.717) is 24.5 Å². The van der Waals surface area contributed by atoms with Crippen LogP contribution < -0.4 is 20.9 Å². The van der Waals surface area contributed by atoms with Crippen molar-refractivity contribution < 1.29 is 4.74 Å². The Kier molecular flexibility index (Phi) is 5.55. The molecule has 0 aromatic carbocycles. The summed E-state index contributed by atoms with van der Waals surface area (Å²) in [6, 6.07) is 0.320. The second kappa shape index (κ2) is 7.40. The summed E-state index contributed by atoms with van der Waals surface area (Å²) in [5.74, 6) is 7.91. The molecule has 2 rings (SSSR count). The van der Waals surface area contributed by atoms with Crippen molar-refractivity contribution in [1.82, 2.24) is 15.0 Å². The van der Waals surface area contributed by atoms with Crippen molar-refractivity contribution in [3.63, 3.8) is 0 Å². The highest BCUT2D eigenvalue weighted by Gasteiger charge is 2.22. The normalized spacial score (nSPS) is 19.5. The third kappa shape index (κ3) is 4.17. The molecule has 7 heteroatoms. The predicted octanol–water partition coefficient (Wildman–Crippen LogP) is 1.82. The number of anilines is 2. The van der Waals surface area contributed by atoms with Gasteiger partial charge in [-0.05, 0) is 38.0 Å². The smallest absolute Gasteiger partial charge is 0.323 e. The molecule has 0 saturated carbocycles. The van der Waals surface area contributed by atoms with Crippen molar-refractivity contribution in [2.24, 2.45) is 17.7 Å². The summed E-state index contributed by atoms with van der Waals surface area (Å²) in [5, 5.41) is 0. The molecule has 1 aromatic rings. The van der Waals surface area contributed by atoms with Gasteiger partial charge >= 0.3 is 6.01 Å². The van der Waals surface area contributed by atoms with Crippen molar-refractivity contribution in [3.8, 4) is 6.01 Å². The highest BCUT2D eigenvalue weighted by Crippen LogP contribution is 2.26. The average molecular weight is 294 g/mol. The van der Waals surface area contributed by atoms with E-state index in [0.717, 1.165) is 31.3 Å². The van der Waals surface area contributed by atoms with Crippen LogP contribution in [-0.4, -0.2) is 34.6 Å². The molecule has 3 N–H and O–H groups in total. The van der Waals surface area contributed by atoms with Crippen molar-refractivity contribution in [2.45, 2.75) is 40.0 Å². The maximum Gasteiger partial charge on any atom is 0.323 e. The van der Waals surface area contributed by atoms with Crippen LogP contribution in [0, 0.1) is 11.8 Å². The minimum absolute atomic E-state index is 0.320. The van der Waals surface area contributed by atoms with Gasteiger partial charge in [0.2, 0.25) is 11.9 Å². The van der Waals surface area contributed by atoms with Crippen LogP contribution in [0.5, 0.6) is 6.01 Å². The molecule has 21 heavy (non-hydrogen) atoms. The van der Waals surface area contributed by atoms with Crippen LogP contribution in [0.25, 0.3) is 0 Å². The molecule has 118 valence electrons. The lowest BCUT2D eigenvalue weighted by Crippen LogP contribution is -2.27. The van der Waals surface area contributed by atoms with Crippen LogP contribution in [0.1, 0.15) is 40.0 Å². The standard InChI is InChI=1S/C14H26N6O/c1-4-21-14-17-12(19-15)16-13(18-14)20-8-5-6-11(7-9-20)10(2)3/h10-11H,4-9,15H2,1-3H3,(H,16,17,18,19). The number of hydrazine groups is 1. The topological polar surface area (TPSA) is 89.2 Å². The maximum absolute atomic E-state index is 5.43. The molecule has 1 fully saturated rings. The number of rotatable bonds is 5. The molecule has 1 aliphatic rings. The van der Waals surface area contributed by atoms with Gasteiger partial charge in [-0.15, -0.1) is 0 Å². The summed E-state index contributed by atoms with van der Waals surface area (Å²) >= 11 is 0. The number of ether oxygens (including phenoxy) is 1. The van der Waals surface area contributed by atoms with Gasteiger partial charge in [-0.25, -0.2) is 5.84 Å². The van der Waals surface area contributed by atoms with Gasteiger partial charge < -0.3 is 9.64 Å². The fourth-order valence-electron chi connectivity index (χ4n) is 2.73. The Morgan fingerprint density at radius 1 is 1.29 bits per heavy atom. The van der Waals surface area contributed by atoms with Crippen LogP contribution in [0.4, 0.5) is 11.9 Å². The lowest BCUT2D eigenvalue weighted by Gasteiger charge is -2.22. The van der Waals surface area contributed by atoms with E-state index in [1.807, 2.05) is 6.92 Å². The number of nitrogens with one attached hydrogen (secondary N) is 1. The summed E-state index contributed by atoms with van der Waals surface area (Å²) in [7, 11) is 0. The van der Waals surface area contributed by atoms with Crippen LogP contribution >= 0.6 is 0 Å². The number of hydrogen-bond donors (Lipinski definition) is 2. The molecule has 0 amide bonds. The van der Waals surface area contributed by atoms with Crippen LogP contribution in [0.3, 0.4) is 0 Å². The Morgan fingerprint density at radius 2 is 2.10 bits per heavy atom. The van der Waals surface area contributed by atoms with Gasteiger partial charge in [-0.2, -0.15) is 15.0 Å². The number of nitrogens with two attached hydrogens (primary N) is 1. The molecule has 0 radical (unpaired) electrons. The van der Waals surface area contributed by atoms with Crippen molar-refractivity contribution in [1.29, 1.82) is 0 Å². The van der Waals surface area contributed by atoms with Gasteiger partial charge in [-0.3, -0.25) is 5.43 Å². The van der Waals surface area contributed by atoms with Crippen LogP contribution in [0.15, 0.2) is 0 Å². The third-order valence-electron chi connectivity index (χ3n) is 4.00. The number of nitrogens with zero attached hydrogens (tertiary/aromatic N) is 4. The van der Waals surface area contributed by atoms with Crippen LogP contribution in [0.2, 0.25) is 0 Å². The number of nitrogen functional groups attached to an aromatic ring is 1. The second-order valence-electron chi connectivity index (χ2n) is 5.74. The molecule has 1 unspecified atom stereocenters. The van der Waals surface area contributed by atoms with Gasteiger partial charge in [0, 0.05) is 13.1 Å². The largest absolute Gasteiger partial charge is 0.464 e. The molecule has 7 nitrogen and oxygen atoms in total. The van der Waals surface area contributed by atoms with Crippen molar-refractivity contribution >= 4 is 11.9 Å². The van der Waals surface area contributed by atoms with Gasteiger partial charge in [0.25, 0.3) is 0 Å². The second-order valence-corrected chi connectivity index (χ2v) is 5.74. The first-order chi connectivity index (χ1) is 10.1. The predicted molar refractivity (Wildman–Crippen MR) is 83.2 cm³/mol. The Labute approximate surface area is 126 Å². The van der Waals surface area contributed by atoms with E-state index in [-0.39, 0.29) is 0 Å². The number of aromatic nitrogens is 3. The monoisotopic (exact) mass is 294 g/mol. The first-order valence-corrected chi connectivity index (χ1v) is 7.74. The lowest BCUT2D eigenvalue weighted by atomic mass is 9.89. The fourth-order valence-corrected chi connectivity index (χ4v) is 2.73. The summed E-state index contributed by atoms with van der Waals surface area (Å²) < 4.78 is 5.39. The zero-order chi connectivity index (χ0) is 15.2. The van der Waals surface area contributed by atoms with E-state index < -0.39 is 0 Å². The van der Waals surface area contributed by atoms with Gasteiger partial charge in [-0.1, -0.05) is 13.8 Å². The Morgan fingerprint density at radius 3 is 2.76 bits per heavy atom. The molecule has 1 saturated heterocycles. The molecule has 0 spiro atoms. The first kappa shape index (κ1) is 15.8. The van der Waals surface area contributed by atoms with Crippen molar-refractivity contribution in [2.75, 3.05) is 30.0 Å². The molecule has 1 atom stereocenters. The molecule has 0 aliphatic carbocycles. The van der Waals surface area contributed by atoms with E-state index in [2.05, 4.69) is 39.1 Å². The van der Waals surface area contributed by atoms with E-state index in [9.17, 15) is 0 Å². The molecular weight excluding hydrogens is 268 g/mol. The Balaban J connectivity index is 2.14. The summed E-state index contributed by atoms with van der Waals surface area (Å²) in [6.45, 7) is 8.94. The highest BCUT2D eigenvalue weighted by molar-refractivity contribution is 5.37. The molecule has 0 bridgehead atoms.